The number of carbonyl (C=O) groups excluding carboxylic acids is 2. The lowest BCUT2D eigenvalue weighted by atomic mass is 10.1. The fourth-order valence-electron chi connectivity index (χ4n) is 2.02. The molecule has 0 unspecified atom stereocenters. The molecule has 0 bridgehead atoms. The van der Waals surface area contributed by atoms with Gasteiger partial charge >= 0.3 is 5.97 Å². The molecule has 1 N–H and O–H groups in total. The van der Waals surface area contributed by atoms with Gasteiger partial charge in [0, 0.05) is 17.3 Å². The topological polar surface area (TPSA) is 122 Å². The molecule has 0 radical (unpaired) electrons. The van der Waals surface area contributed by atoms with Gasteiger partial charge < -0.3 is 10.1 Å². The molecule has 1 amide bonds. The van der Waals surface area contributed by atoms with Crippen LogP contribution in [-0.2, 0) is 20.7 Å². The van der Waals surface area contributed by atoms with E-state index in [0.29, 0.717) is 11.3 Å². The molecule has 2 aromatic carbocycles. The number of nitro benzene ring substituents is 1. The summed E-state index contributed by atoms with van der Waals surface area (Å²) >= 11 is 0. The van der Waals surface area contributed by atoms with E-state index in [4.69, 9.17) is 10.00 Å². The lowest BCUT2D eigenvalue weighted by Crippen LogP contribution is -2.21. The Hall–Kier alpha value is -3.73. The molecule has 0 heterocycles. The number of nitro groups is 1. The summed E-state index contributed by atoms with van der Waals surface area (Å²) in [6.45, 7) is -0.514. The van der Waals surface area contributed by atoms with E-state index in [1.807, 2.05) is 6.07 Å². The monoisotopic (exact) mass is 339 g/mol. The maximum absolute atomic E-state index is 11.8. The van der Waals surface area contributed by atoms with Crippen molar-refractivity contribution in [2.45, 2.75) is 6.42 Å². The Kier molecular flexibility index (Phi) is 5.79. The first kappa shape index (κ1) is 17.6. The highest BCUT2D eigenvalue weighted by Gasteiger charge is 2.17. The largest absolute Gasteiger partial charge is 0.455 e. The van der Waals surface area contributed by atoms with Gasteiger partial charge in [-0.3, -0.25) is 19.7 Å². The molecule has 0 aliphatic rings. The molecule has 8 heteroatoms. The number of hydrogen-bond donors (Lipinski definition) is 1. The van der Waals surface area contributed by atoms with E-state index in [-0.39, 0.29) is 17.7 Å². The number of carbonyl (C=O) groups is 2. The minimum absolute atomic E-state index is 0.179. The average molecular weight is 339 g/mol. The van der Waals surface area contributed by atoms with Crippen molar-refractivity contribution in [3.8, 4) is 6.07 Å². The molecule has 0 spiro atoms. The number of benzene rings is 2. The van der Waals surface area contributed by atoms with Crippen molar-refractivity contribution in [2.75, 3.05) is 11.9 Å². The second-order valence-electron chi connectivity index (χ2n) is 4.96. The zero-order chi connectivity index (χ0) is 18.2. The van der Waals surface area contributed by atoms with Gasteiger partial charge in [-0.1, -0.05) is 18.2 Å². The first-order chi connectivity index (χ1) is 12.0. The van der Waals surface area contributed by atoms with Crippen LogP contribution in [0, 0.1) is 21.4 Å². The van der Waals surface area contributed by atoms with Gasteiger partial charge in [0.25, 0.3) is 11.6 Å². The van der Waals surface area contributed by atoms with Crippen molar-refractivity contribution in [1.29, 1.82) is 5.26 Å². The van der Waals surface area contributed by atoms with Crippen LogP contribution in [0.2, 0.25) is 0 Å². The highest BCUT2D eigenvalue weighted by Crippen LogP contribution is 2.18. The van der Waals surface area contributed by atoms with Crippen LogP contribution in [0.3, 0.4) is 0 Å². The van der Waals surface area contributed by atoms with Crippen molar-refractivity contribution < 1.29 is 19.2 Å². The van der Waals surface area contributed by atoms with Gasteiger partial charge in [-0.15, -0.1) is 0 Å². The van der Waals surface area contributed by atoms with Crippen molar-refractivity contribution in [2.24, 2.45) is 0 Å². The normalized spacial score (nSPS) is 9.72. The summed E-state index contributed by atoms with van der Waals surface area (Å²) in [6.07, 6.45) is -0.304. The van der Waals surface area contributed by atoms with E-state index in [0.717, 1.165) is 0 Å². The second kappa shape index (κ2) is 8.21. The van der Waals surface area contributed by atoms with Gasteiger partial charge in [0.15, 0.2) is 6.61 Å². The van der Waals surface area contributed by atoms with Crippen molar-refractivity contribution >= 4 is 23.3 Å². The number of esters is 1. The fraction of sp³-hybridized carbons (Fsp3) is 0.118. The molecule has 126 valence electrons. The first-order valence-electron chi connectivity index (χ1n) is 7.17. The van der Waals surface area contributed by atoms with Crippen LogP contribution in [0.5, 0.6) is 0 Å². The molecule has 0 saturated carbocycles. The van der Waals surface area contributed by atoms with E-state index in [1.54, 1.807) is 18.2 Å². The number of nitrogens with one attached hydrogen (secondary N) is 1. The summed E-state index contributed by atoms with van der Waals surface area (Å²) in [5, 5.41) is 22.1. The Morgan fingerprint density at radius 3 is 2.48 bits per heavy atom. The number of ether oxygens (including phenoxy) is 1. The lowest BCUT2D eigenvalue weighted by Gasteiger charge is -2.07. The fourth-order valence-corrected chi connectivity index (χ4v) is 2.02. The average Bonchev–Trinajstić information content (AvgIpc) is 2.61. The molecule has 0 fully saturated rings. The van der Waals surface area contributed by atoms with Crippen LogP contribution < -0.4 is 5.32 Å². The Bertz CT molecular complexity index is 840. The predicted octanol–water partition coefficient (Wildman–Crippen LogP) is 2.19. The van der Waals surface area contributed by atoms with Crippen molar-refractivity contribution in [3.63, 3.8) is 0 Å². The van der Waals surface area contributed by atoms with E-state index < -0.39 is 23.4 Å². The molecule has 0 saturated heterocycles. The summed E-state index contributed by atoms with van der Waals surface area (Å²) in [5.41, 5.74) is 0.944. The molecule has 2 rings (SSSR count). The SMILES string of the molecule is N#Cc1ccc(NC(=O)COC(=O)Cc2ccccc2[N+](=O)[O-])cc1. The van der Waals surface area contributed by atoms with E-state index in [1.165, 1.54) is 30.3 Å². The summed E-state index contributed by atoms with van der Waals surface area (Å²) in [7, 11) is 0. The highest BCUT2D eigenvalue weighted by molar-refractivity contribution is 5.93. The summed E-state index contributed by atoms with van der Waals surface area (Å²) in [5.74, 6) is -1.30. The number of hydrogen-bond acceptors (Lipinski definition) is 6. The van der Waals surface area contributed by atoms with Crippen molar-refractivity contribution in [3.05, 3.63) is 69.8 Å². The third-order valence-electron chi connectivity index (χ3n) is 3.19. The summed E-state index contributed by atoms with van der Waals surface area (Å²) in [4.78, 5) is 33.8. The Balaban J connectivity index is 1.86. The van der Waals surface area contributed by atoms with Gasteiger partial charge in [0.1, 0.15) is 0 Å². The van der Waals surface area contributed by atoms with Crippen LogP contribution in [0.4, 0.5) is 11.4 Å². The third kappa shape index (κ3) is 5.14. The Morgan fingerprint density at radius 2 is 1.84 bits per heavy atom. The number of amides is 1. The van der Waals surface area contributed by atoms with E-state index in [9.17, 15) is 19.7 Å². The van der Waals surface area contributed by atoms with E-state index >= 15 is 0 Å². The van der Waals surface area contributed by atoms with Gasteiger partial charge in [0.05, 0.1) is 23.0 Å². The number of anilines is 1. The van der Waals surface area contributed by atoms with Crippen LogP contribution >= 0.6 is 0 Å². The van der Waals surface area contributed by atoms with Crippen LogP contribution in [0.15, 0.2) is 48.5 Å². The van der Waals surface area contributed by atoms with Gasteiger partial charge in [-0.05, 0) is 24.3 Å². The molecule has 0 aliphatic carbocycles. The summed E-state index contributed by atoms with van der Waals surface area (Å²) in [6, 6.07) is 13.9. The standard InChI is InChI=1S/C17H13N3O5/c18-10-12-5-7-14(8-6-12)19-16(21)11-25-17(22)9-13-3-1-2-4-15(13)20(23)24/h1-8H,9,11H2,(H,19,21). The van der Waals surface area contributed by atoms with Crippen LogP contribution in [0.1, 0.15) is 11.1 Å². The molecule has 2 aromatic rings. The Morgan fingerprint density at radius 1 is 1.16 bits per heavy atom. The van der Waals surface area contributed by atoms with Crippen molar-refractivity contribution in [1.82, 2.24) is 0 Å². The number of nitrogens with zero attached hydrogens (tertiary/aromatic N) is 2. The third-order valence-corrected chi connectivity index (χ3v) is 3.19. The second-order valence-corrected chi connectivity index (χ2v) is 4.96. The molecular weight excluding hydrogens is 326 g/mol. The van der Waals surface area contributed by atoms with Gasteiger partial charge in [0.2, 0.25) is 0 Å². The molecular formula is C17H13N3O5. The number of para-hydroxylation sites is 1. The van der Waals surface area contributed by atoms with Crippen LogP contribution in [-0.4, -0.2) is 23.4 Å². The number of nitriles is 1. The lowest BCUT2D eigenvalue weighted by molar-refractivity contribution is -0.385. The summed E-state index contributed by atoms with van der Waals surface area (Å²) < 4.78 is 4.83. The zero-order valence-corrected chi connectivity index (χ0v) is 13.0. The van der Waals surface area contributed by atoms with Gasteiger partial charge in [-0.25, -0.2) is 0 Å². The number of rotatable bonds is 6. The molecule has 0 atom stereocenters. The quantitative estimate of drug-likeness (QED) is 0.489. The maximum atomic E-state index is 11.8. The minimum Gasteiger partial charge on any atom is -0.455 e. The van der Waals surface area contributed by atoms with E-state index in [2.05, 4.69) is 5.32 Å². The minimum atomic E-state index is -0.746. The highest BCUT2D eigenvalue weighted by atomic mass is 16.6. The molecule has 0 aromatic heterocycles. The Labute approximate surface area is 142 Å². The maximum Gasteiger partial charge on any atom is 0.311 e. The predicted molar refractivity (Wildman–Crippen MR) is 87.5 cm³/mol. The smallest absolute Gasteiger partial charge is 0.311 e. The van der Waals surface area contributed by atoms with Gasteiger partial charge in [-0.2, -0.15) is 5.26 Å². The molecule has 8 nitrogen and oxygen atoms in total. The zero-order valence-electron chi connectivity index (χ0n) is 13.0. The van der Waals surface area contributed by atoms with Crippen LogP contribution in [0.25, 0.3) is 0 Å². The molecule has 25 heavy (non-hydrogen) atoms. The molecule has 0 aliphatic heterocycles. The first-order valence-corrected chi connectivity index (χ1v) is 7.17.